The van der Waals surface area contributed by atoms with Gasteiger partial charge in [0, 0.05) is 40.9 Å². The largest absolute Gasteiger partial charge is 0.493 e. The van der Waals surface area contributed by atoms with Gasteiger partial charge in [0.15, 0.2) is 17.3 Å². The third-order valence-electron chi connectivity index (χ3n) is 6.81. The van der Waals surface area contributed by atoms with Crippen LogP contribution in [0.25, 0.3) is 0 Å². The van der Waals surface area contributed by atoms with Gasteiger partial charge in [0.25, 0.3) is 0 Å². The minimum atomic E-state index is -0.622. The fraction of sp³-hybridized carbons (Fsp3) is 0.379. The maximum Gasteiger partial charge on any atom is 0.336 e. The molecule has 196 valence electrons. The monoisotopic (exact) mass is 525 g/mol. The molecule has 0 fully saturated rings. The Hall–Kier alpha value is -3.29. The van der Waals surface area contributed by atoms with Crippen LogP contribution in [0.3, 0.4) is 0 Å². The molecule has 0 saturated heterocycles. The molecule has 1 heterocycles. The van der Waals surface area contributed by atoms with Crippen LogP contribution in [0.4, 0.5) is 0 Å². The van der Waals surface area contributed by atoms with E-state index in [0.717, 1.165) is 11.3 Å². The van der Waals surface area contributed by atoms with Gasteiger partial charge in [0.2, 0.25) is 0 Å². The number of hydrogen-bond acceptors (Lipinski definition) is 7. The van der Waals surface area contributed by atoms with Crippen LogP contribution in [0, 0.1) is 0 Å². The van der Waals surface area contributed by atoms with Crippen LogP contribution in [0.2, 0.25) is 5.02 Å². The molecular formula is C29H32ClNO6. The Bertz CT molecular complexity index is 1250. The molecule has 2 atom stereocenters. The summed E-state index contributed by atoms with van der Waals surface area (Å²) in [5, 5.41) is 3.85. The number of hydrogen-bond donors (Lipinski definition) is 1. The molecule has 0 radical (unpaired) electrons. The highest BCUT2D eigenvalue weighted by atomic mass is 35.5. The summed E-state index contributed by atoms with van der Waals surface area (Å²) in [7, 11) is 3.18. The van der Waals surface area contributed by atoms with Crippen molar-refractivity contribution < 1.29 is 28.5 Å². The van der Waals surface area contributed by atoms with Crippen LogP contribution in [0.15, 0.2) is 65.0 Å². The number of halogens is 1. The number of dihydropyridines is 1. The van der Waals surface area contributed by atoms with Gasteiger partial charge in [-0.1, -0.05) is 35.9 Å². The van der Waals surface area contributed by atoms with E-state index in [0.29, 0.717) is 65.0 Å². The first-order valence-corrected chi connectivity index (χ1v) is 12.7. The molecule has 0 spiro atoms. The number of rotatable bonds is 9. The van der Waals surface area contributed by atoms with Crippen molar-refractivity contribution >= 4 is 23.4 Å². The van der Waals surface area contributed by atoms with Gasteiger partial charge in [-0.3, -0.25) is 4.79 Å². The average Bonchev–Trinajstić information content (AvgIpc) is 2.90. The summed E-state index contributed by atoms with van der Waals surface area (Å²) in [6.07, 6.45) is 0.893. The van der Waals surface area contributed by atoms with Crippen LogP contribution < -0.4 is 14.8 Å². The summed E-state index contributed by atoms with van der Waals surface area (Å²) in [6, 6.07) is 13.0. The molecule has 0 bridgehead atoms. The van der Waals surface area contributed by atoms with Gasteiger partial charge in [-0.15, -0.1) is 0 Å². The summed E-state index contributed by atoms with van der Waals surface area (Å²) in [5.74, 6) is 0.0444. The number of Topliss-reactive ketones (excluding diaryl/α,β-unsaturated/α-hetero) is 1. The minimum Gasteiger partial charge on any atom is -0.493 e. The second-order valence-electron chi connectivity index (χ2n) is 8.99. The molecule has 7 nitrogen and oxygen atoms in total. The zero-order chi connectivity index (χ0) is 26.5. The third-order valence-corrected chi connectivity index (χ3v) is 7.15. The number of esters is 1. The lowest BCUT2D eigenvalue weighted by atomic mass is 9.71. The molecule has 0 unspecified atom stereocenters. The van der Waals surface area contributed by atoms with Crippen LogP contribution in [-0.4, -0.2) is 45.8 Å². The normalized spacial score (nSPS) is 19.3. The highest BCUT2D eigenvalue weighted by Crippen LogP contribution is 2.47. The predicted octanol–water partition coefficient (Wildman–Crippen LogP) is 5.30. The zero-order valence-corrected chi connectivity index (χ0v) is 22.3. The predicted molar refractivity (Wildman–Crippen MR) is 141 cm³/mol. The van der Waals surface area contributed by atoms with E-state index in [2.05, 4.69) is 5.32 Å². The molecule has 0 amide bonds. The lowest BCUT2D eigenvalue weighted by molar-refractivity contribution is -0.140. The number of ether oxygens (including phenoxy) is 4. The maximum atomic E-state index is 13.8. The Morgan fingerprint density at radius 2 is 1.81 bits per heavy atom. The second kappa shape index (κ2) is 11.8. The van der Waals surface area contributed by atoms with E-state index in [1.54, 1.807) is 20.3 Å². The van der Waals surface area contributed by atoms with Gasteiger partial charge in [-0.25, -0.2) is 4.79 Å². The van der Waals surface area contributed by atoms with E-state index in [4.69, 9.17) is 30.5 Å². The van der Waals surface area contributed by atoms with E-state index in [9.17, 15) is 9.59 Å². The van der Waals surface area contributed by atoms with Crippen molar-refractivity contribution in [3.8, 4) is 11.5 Å². The fourth-order valence-electron chi connectivity index (χ4n) is 5.09. The molecular weight excluding hydrogens is 494 g/mol. The van der Waals surface area contributed by atoms with E-state index < -0.39 is 11.9 Å². The highest BCUT2D eigenvalue weighted by molar-refractivity contribution is 6.31. The third kappa shape index (κ3) is 5.53. The van der Waals surface area contributed by atoms with Crippen LogP contribution in [-0.2, 0) is 19.1 Å². The van der Waals surface area contributed by atoms with Gasteiger partial charge in [-0.05, 0) is 55.5 Å². The Morgan fingerprint density at radius 1 is 1.05 bits per heavy atom. The molecule has 4 rings (SSSR count). The minimum absolute atomic E-state index is 0.0365. The molecule has 0 saturated carbocycles. The molecule has 0 aromatic heterocycles. The van der Waals surface area contributed by atoms with E-state index in [-0.39, 0.29) is 18.3 Å². The van der Waals surface area contributed by atoms with Crippen molar-refractivity contribution in [2.75, 3.05) is 34.0 Å². The molecule has 37 heavy (non-hydrogen) atoms. The van der Waals surface area contributed by atoms with Crippen LogP contribution in [0.5, 0.6) is 11.5 Å². The van der Waals surface area contributed by atoms with E-state index >= 15 is 0 Å². The van der Waals surface area contributed by atoms with Crippen LogP contribution >= 0.6 is 11.6 Å². The Morgan fingerprint density at radius 3 is 2.51 bits per heavy atom. The van der Waals surface area contributed by atoms with Gasteiger partial charge in [0.1, 0.15) is 6.61 Å². The molecule has 1 aliphatic heterocycles. The SMILES string of the molecule is CCOCCOC(=O)C1=C(C)NC2=C(C(=O)C[C@H](c3ccc(OC)c(OC)c3)C2)[C@H]1c1ccccc1Cl. The maximum absolute atomic E-state index is 13.8. The number of nitrogens with one attached hydrogen (secondary N) is 1. The first-order valence-electron chi connectivity index (χ1n) is 12.3. The highest BCUT2D eigenvalue weighted by Gasteiger charge is 2.42. The summed E-state index contributed by atoms with van der Waals surface area (Å²) in [5.41, 5.74) is 4.08. The Kier molecular flexibility index (Phi) is 8.56. The second-order valence-corrected chi connectivity index (χ2v) is 9.39. The summed E-state index contributed by atoms with van der Waals surface area (Å²) >= 11 is 6.61. The van der Waals surface area contributed by atoms with Crippen molar-refractivity contribution in [1.29, 1.82) is 0 Å². The number of methoxy groups -OCH3 is 2. The summed E-state index contributed by atoms with van der Waals surface area (Å²) in [4.78, 5) is 27.1. The quantitative estimate of drug-likeness (QED) is 0.351. The first kappa shape index (κ1) is 26.8. The smallest absolute Gasteiger partial charge is 0.336 e. The number of carbonyl (C=O) groups excluding carboxylic acids is 2. The van der Waals surface area contributed by atoms with Gasteiger partial charge >= 0.3 is 5.97 Å². The number of ketones is 1. The van der Waals surface area contributed by atoms with Crippen molar-refractivity contribution in [3.63, 3.8) is 0 Å². The van der Waals surface area contributed by atoms with Gasteiger partial charge in [0.05, 0.1) is 26.4 Å². The standard InChI is InChI=1S/C29H32ClNO6/c1-5-36-12-13-37-29(33)26-17(2)31-22-14-19(18-10-11-24(34-3)25(16-18)35-4)15-23(32)28(22)27(26)20-8-6-7-9-21(20)30/h6-11,16,19,27,31H,5,12-15H2,1-4H3/t19-,27+/m1/s1. The Balaban J connectivity index is 1.72. The lowest BCUT2D eigenvalue weighted by Crippen LogP contribution is -2.36. The summed E-state index contributed by atoms with van der Waals surface area (Å²) in [6.45, 7) is 4.68. The molecule has 1 N–H and O–H groups in total. The van der Waals surface area contributed by atoms with Crippen molar-refractivity contribution in [3.05, 3.63) is 81.2 Å². The van der Waals surface area contributed by atoms with Crippen molar-refractivity contribution in [1.82, 2.24) is 5.32 Å². The van der Waals surface area contributed by atoms with E-state index in [1.807, 2.05) is 50.2 Å². The molecule has 2 aliphatic rings. The van der Waals surface area contributed by atoms with Crippen molar-refractivity contribution in [2.45, 2.75) is 38.5 Å². The van der Waals surface area contributed by atoms with Crippen LogP contribution in [0.1, 0.15) is 49.7 Å². The molecule has 2 aromatic carbocycles. The number of allylic oxidation sites excluding steroid dienone is 3. The van der Waals surface area contributed by atoms with Gasteiger partial charge in [-0.2, -0.15) is 0 Å². The molecule has 2 aromatic rings. The average molecular weight is 526 g/mol. The van der Waals surface area contributed by atoms with Crippen molar-refractivity contribution in [2.24, 2.45) is 0 Å². The summed E-state index contributed by atoms with van der Waals surface area (Å²) < 4.78 is 21.7. The Labute approximate surface area is 222 Å². The van der Waals surface area contributed by atoms with E-state index in [1.165, 1.54) is 0 Å². The number of benzene rings is 2. The lowest BCUT2D eigenvalue weighted by Gasteiger charge is -2.37. The fourth-order valence-corrected chi connectivity index (χ4v) is 5.33. The molecule has 1 aliphatic carbocycles. The molecule has 8 heteroatoms. The number of carbonyl (C=O) groups is 2. The van der Waals surface area contributed by atoms with Gasteiger partial charge < -0.3 is 24.3 Å². The first-order chi connectivity index (χ1) is 17.9. The topological polar surface area (TPSA) is 83.1 Å². The zero-order valence-electron chi connectivity index (χ0n) is 21.6.